The summed E-state index contributed by atoms with van der Waals surface area (Å²) in [5.74, 6) is 0. The molecule has 3 heteroatoms. The molecule has 1 unspecified atom stereocenters. The van der Waals surface area contributed by atoms with Crippen LogP contribution in [0.15, 0.2) is 255 Å². The van der Waals surface area contributed by atoms with Crippen molar-refractivity contribution in [2.45, 2.75) is 5.41 Å². The minimum atomic E-state index is -0.645. The Labute approximate surface area is 411 Å². The Morgan fingerprint density at radius 1 is 0.286 bits per heavy atom. The van der Waals surface area contributed by atoms with Crippen LogP contribution in [0.1, 0.15) is 22.3 Å². The summed E-state index contributed by atoms with van der Waals surface area (Å²) in [7, 11) is 0. The minimum absolute atomic E-state index is 0.645. The van der Waals surface area contributed by atoms with Crippen LogP contribution in [0.3, 0.4) is 0 Å². The standard InChI is InChI=1S/C67H42N2S/c1-3-19-43(20-4-1)68(45-36-38-64-57(39-45)50-26-10-9-25-49(50)54-29-13-17-33-63(54)69(64)44-21-5-2-6-22-44)46-35-37-53-48-24-8-7-23-47(48)51-27-11-15-31-59(51)67(61(53)40-46)60-32-16-12-28-52(60)56-41-58-55-30-14-18-34-65(55)70-66(58)42-62(56)67/h1-42H. The summed E-state index contributed by atoms with van der Waals surface area (Å²) in [6, 6.07) is 95.3. The highest BCUT2D eigenvalue weighted by Gasteiger charge is 2.50. The van der Waals surface area contributed by atoms with E-state index in [-0.39, 0.29) is 0 Å². The van der Waals surface area contributed by atoms with Crippen LogP contribution in [-0.4, -0.2) is 0 Å². The van der Waals surface area contributed by atoms with E-state index in [0.717, 1.165) is 34.1 Å². The van der Waals surface area contributed by atoms with Gasteiger partial charge in [0.15, 0.2) is 0 Å². The third kappa shape index (κ3) is 5.49. The van der Waals surface area contributed by atoms with Crippen LogP contribution < -0.4 is 9.80 Å². The van der Waals surface area contributed by atoms with Gasteiger partial charge in [-0.2, -0.15) is 0 Å². The summed E-state index contributed by atoms with van der Waals surface area (Å²) in [6.45, 7) is 0. The van der Waals surface area contributed by atoms with Crippen LogP contribution in [0.5, 0.6) is 0 Å². The van der Waals surface area contributed by atoms with Gasteiger partial charge in [-0.15, -0.1) is 11.3 Å². The molecule has 70 heavy (non-hydrogen) atoms. The van der Waals surface area contributed by atoms with Gasteiger partial charge in [0.25, 0.3) is 0 Å². The summed E-state index contributed by atoms with van der Waals surface area (Å²) < 4.78 is 2.63. The Morgan fingerprint density at radius 3 is 1.51 bits per heavy atom. The molecule has 2 aliphatic carbocycles. The van der Waals surface area contributed by atoms with E-state index >= 15 is 0 Å². The van der Waals surface area contributed by atoms with E-state index in [0.29, 0.717) is 0 Å². The van der Waals surface area contributed by atoms with Crippen LogP contribution in [-0.2, 0) is 5.41 Å². The second-order valence-electron chi connectivity index (χ2n) is 18.7. The molecule has 2 nitrogen and oxygen atoms in total. The Hall–Kier alpha value is -8.76. The van der Waals surface area contributed by atoms with Crippen molar-refractivity contribution in [3.05, 3.63) is 277 Å². The molecule has 0 amide bonds. The third-order valence-electron chi connectivity index (χ3n) is 15.2. The lowest BCUT2D eigenvalue weighted by Gasteiger charge is -2.36. The first-order chi connectivity index (χ1) is 34.7. The van der Waals surface area contributed by atoms with Crippen molar-refractivity contribution >= 4 is 65.6 Å². The summed E-state index contributed by atoms with van der Waals surface area (Å²) in [6.07, 6.45) is 0. The number of hydrogen-bond donors (Lipinski definition) is 0. The molecule has 0 fully saturated rings. The first-order valence-corrected chi connectivity index (χ1v) is 25.0. The fourth-order valence-corrected chi connectivity index (χ4v) is 13.5. The first kappa shape index (κ1) is 39.3. The molecule has 1 atom stereocenters. The highest BCUT2D eigenvalue weighted by atomic mass is 32.1. The Balaban J connectivity index is 1.03. The highest BCUT2D eigenvalue weighted by Crippen LogP contribution is 2.63. The predicted octanol–water partition coefficient (Wildman–Crippen LogP) is 18.7. The van der Waals surface area contributed by atoms with E-state index in [4.69, 9.17) is 0 Å². The van der Waals surface area contributed by atoms with Crippen molar-refractivity contribution in [1.82, 2.24) is 0 Å². The molecule has 0 saturated carbocycles. The van der Waals surface area contributed by atoms with Crippen LogP contribution in [0, 0.1) is 0 Å². The Bertz CT molecular complexity index is 4090. The first-order valence-electron chi connectivity index (χ1n) is 24.2. The van der Waals surface area contributed by atoms with Crippen LogP contribution in [0.2, 0.25) is 0 Å². The molecular formula is C67H42N2S. The van der Waals surface area contributed by atoms with Crippen LogP contribution in [0.4, 0.5) is 34.1 Å². The fraction of sp³-hybridized carbons (Fsp3) is 0.0149. The molecule has 1 aromatic heterocycles. The van der Waals surface area contributed by atoms with Crippen molar-refractivity contribution in [1.29, 1.82) is 0 Å². The summed E-state index contributed by atoms with van der Waals surface area (Å²) in [5, 5.41) is 2.64. The quantitative estimate of drug-likeness (QED) is 0.174. The molecule has 0 saturated heterocycles. The number of anilines is 6. The summed E-state index contributed by atoms with van der Waals surface area (Å²) >= 11 is 1.90. The van der Waals surface area contributed by atoms with Crippen LogP contribution in [0.25, 0.3) is 75.8 Å². The fourth-order valence-electron chi connectivity index (χ4n) is 12.4. The lowest BCUT2D eigenvalue weighted by atomic mass is 9.65. The maximum atomic E-state index is 2.55. The molecular weight excluding hydrogens is 865 g/mol. The predicted molar refractivity (Wildman–Crippen MR) is 295 cm³/mol. The maximum absolute atomic E-state index is 2.55. The number of nitrogens with zero attached hydrogens (tertiary/aromatic N) is 2. The smallest absolute Gasteiger partial charge is 0.0726 e. The van der Waals surface area contributed by atoms with E-state index in [1.165, 1.54) is 98.1 Å². The minimum Gasteiger partial charge on any atom is -0.310 e. The average Bonchev–Trinajstić information content (AvgIpc) is 3.86. The van der Waals surface area contributed by atoms with Gasteiger partial charge in [0.1, 0.15) is 0 Å². The Kier molecular flexibility index (Phi) is 8.48. The normalized spacial score (nSPS) is 14.6. The van der Waals surface area contributed by atoms with Gasteiger partial charge in [-0.3, -0.25) is 0 Å². The number of benzene rings is 11. The van der Waals surface area contributed by atoms with Crippen molar-refractivity contribution in [2.24, 2.45) is 0 Å². The topological polar surface area (TPSA) is 6.48 Å². The molecule has 11 aromatic carbocycles. The lowest BCUT2D eigenvalue weighted by molar-refractivity contribution is 0.776. The zero-order chi connectivity index (χ0) is 45.9. The van der Waals surface area contributed by atoms with E-state index < -0.39 is 5.41 Å². The van der Waals surface area contributed by atoms with Crippen molar-refractivity contribution in [3.63, 3.8) is 0 Å². The molecule has 1 spiro atoms. The van der Waals surface area contributed by atoms with E-state index in [1.54, 1.807) is 0 Å². The van der Waals surface area contributed by atoms with E-state index in [9.17, 15) is 0 Å². The number of rotatable bonds is 4. The van der Waals surface area contributed by atoms with Gasteiger partial charge in [-0.05, 0) is 146 Å². The summed E-state index contributed by atoms with van der Waals surface area (Å²) in [4.78, 5) is 4.91. The molecule has 326 valence electrons. The number of thiophene rings is 1. The van der Waals surface area contributed by atoms with Crippen molar-refractivity contribution in [2.75, 3.05) is 9.80 Å². The summed E-state index contributed by atoms with van der Waals surface area (Å²) in [5.41, 5.74) is 23.7. The van der Waals surface area contributed by atoms with Gasteiger partial charge in [-0.25, -0.2) is 0 Å². The molecule has 12 aromatic rings. The SMILES string of the molecule is c1ccc(N(c2ccc3c(c2)-c2ccccc2-c2ccccc2N3c2ccccc2)c2ccc3c(c2)C2(c4ccccc4-c4ccccc4-3)c3ccccc3-c3cc4c(cc32)sc2ccccc24)cc1. The molecule has 0 radical (unpaired) electrons. The van der Waals surface area contributed by atoms with Gasteiger partial charge < -0.3 is 9.80 Å². The molecule has 2 heterocycles. The highest BCUT2D eigenvalue weighted by molar-refractivity contribution is 7.25. The monoisotopic (exact) mass is 906 g/mol. The zero-order valence-electron chi connectivity index (χ0n) is 38.1. The maximum Gasteiger partial charge on any atom is 0.0726 e. The largest absolute Gasteiger partial charge is 0.310 e. The molecule has 1 aliphatic heterocycles. The third-order valence-corrected chi connectivity index (χ3v) is 16.3. The number of fused-ring (bicyclic) bond motifs is 20. The molecule has 0 N–H and O–H groups in total. The second kappa shape index (κ2) is 15.1. The van der Waals surface area contributed by atoms with Crippen molar-refractivity contribution in [3.8, 4) is 55.6 Å². The van der Waals surface area contributed by atoms with E-state index in [2.05, 4.69) is 265 Å². The molecule has 0 bridgehead atoms. The van der Waals surface area contributed by atoms with Gasteiger partial charge >= 0.3 is 0 Å². The van der Waals surface area contributed by atoms with Gasteiger partial charge in [0.05, 0.1) is 16.8 Å². The number of hydrogen-bond acceptors (Lipinski definition) is 3. The van der Waals surface area contributed by atoms with Gasteiger partial charge in [-0.1, -0.05) is 176 Å². The van der Waals surface area contributed by atoms with Gasteiger partial charge in [0.2, 0.25) is 0 Å². The second-order valence-corrected chi connectivity index (χ2v) is 19.8. The molecule has 3 aliphatic rings. The van der Waals surface area contributed by atoms with Crippen molar-refractivity contribution < 1.29 is 0 Å². The molecule has 15 rings (SSSR count). The van der Waals surface area contributed by atoms with Crippen LogP contribution >= 0.6 is 11.3 Å². The Morgan fingerprint density at radius 2 is 0.786 bits per heavy atom. The zero-order valence-corrected chi connectivity index (χ0v) is 38.9. The number of para-hydroxylation sites is 3. The van der Waals surface area contributed by atoms with Gasteiger partial charge in [0, 0.05) is 54.0 Å². The van der Waals surface area contributed by atoms with E-state index in [1.807, 2.05) is 11.3 Å². The average molecular weight is 907 g/mol. The lowest BCUT2D eigenvalue weighted by Crippen LogP contribution is -2.29.